The first-order valence-electron chi connectivity index (χ1n) is 5.21. The number of hydrogen-bond donors (Lipinski definition) is 2. The maximum absolute atomic E-state index is 11.7. The molecule has 0 unspecified atom stereocenters. The molecule has 2 N–H and O–H groups in total. The monoisotopic (exact) mass is 206 g/mol. The maximum Gasteiger partial charge on any atom is 0.228 e. The van der Waals surface area contributed by atoms with E-state index in [-0.39, 0.29) is 17.6 Å². The van der Waals surface area contributed by atoms with Gasteiger partial charge >= 0.3 is 0 Å². The minimum absolute atomic E-state index is 0.00833. The molecule has 0 atom stereocenters. The number of nitrogens with one attached hydrogen (secondary N) is 2. The van der Waals surface area contributed by atoms with E-state index in [0.29, 0.717) is 25.7 Å². The minimum Gasteiger partial charge on any atom is -0.348 e. The number of hydrogen-bond acceptors (Lipinski definition) is 2. The minimum atomic E-state index is -0.00833. The average molecular weight is 206 g/mol. The number of carbonyl (C=O) groups is 2. The van der Waals surface area contributed by atoms with Gasteiger partial charge in [0.2, 0.25) is 5.91 Å². The second-order valence-corrected chi connectivity index (χ2v) is 3.89. The summed E-state index contributed by atoms with van der Waals surface area (Å²) < 4.78 is 0. The predicted molar refractivity (Wildman–Crippen MR) is 56.4 cm³/mol. The zero-order valence-electron chi connectivity index (χ0n) is 8.45. The van der Waals surface area contributed by atoms with Crippen LogP contribution in [0.4, 0.5) is 5.82 Å². The van der Waals surface area contributed by atoms with Gasteiger partial charge in [0.1, 0.15) is 11.6 Å². The summed E-state index contributed by atoms with van der Waals surface area (Å²) in [4.78, 5) is 25.7. The Morgan fingerprint density at radius 2 is 2.13 bits per heavy atom. The van der Waals surface area contributed by atoms with Crippen molar-refractivity contribution < 1.29 is 9.59 Å². The maximum atomic E-state index is 11.7. The molecular weight excluding hydrogens is 192 g/mol. The van der Waals surface area contributed by atoms with Gasteiger partial charge in [0.05, 0.1) is 0 Å². The number of H-pyrrole nitrogens is 1. The van der Waals surface area contributed by atoms with Gasteiger partial charge in [-0.25, -0.2) is 0 Å². The highest BCUT2D eigenvalue weighted by atomic mass is 16.2. The molecule has 0 saturated heterocycles. The Morgan fingerprint density at radius 3 is 2.73 bits per heavy atom. The highest BCUT2D eigenvalue weighted by Crippen LogP contribution is 2.22. The van der Waals surface area contributed by atoms with Crippen LogP contribution in [0.2, 0.25) is 0 Å². The summed E-state index contributed by atoms with van der Waals surface area (Å²) in [7, 11) is 0. The second-order valence-electron chi connectivity index (χ2n) is 3.89. The molecule has 4 nitrogen and oxygen atoms in total. The Hall–Kier alpha value is -1.58. The van der Waals surface area contributed by atoms with E-state index in [0.717, 1.165) is 5.82 Å². The van der Waals surface area contributed by atoms with Gasteiger partial charge in [0.15, 0.2) is 0 Å². The molecule has 0 bridgehead atoms. The van der Waals surface area contributed by atoms with Crippen molar-refractivity contribution in [2.75, 3.05) is 5.32 Å². The van der Waals surface area contributed by atoms with Crippen molar-refractivity contribution in [1.29, 1.82) is 0 Å². The van der Waals surface area contributed by atoms with E-state index in [1.807, 2.05) is 12.1 Å². The smallest absolute Gasteiger partial charge is 0.228 e. The van der Waals surface area contributed by atoms with Gasteiger partial charge in [-0.3, -0.25) is 9.59 Å². The lowest BCUT2D eigenvalue weighted by atomic mass is 9.88. The number of anilines is 1. The highest BCUT2D eigenvalue weighted by molar-refractivity contribution is 5.93. The summed E-state index contributed by atoms with van der Waals surface area (Å²) in [6.07, 6.45) is 4.22. The zero-order chi connectivity index (χ0) is 10.7. The van der Waals surface area contributed by atoms with Crippen LogP contribution in [0.1, 0.15) is 25.7 Å². The summed E-state index contributed by atoms with van der Waals surface area (Å²) in [6, 6.07) is 3.64. The molecule has 80 valence electrons. The highest BCUT2D eigenvalue weighted by Gasteiger charge is 2.24. The molecule has 1 saturated carbocycles. The van der Waals surface area contributed by atoms with Gasteiger partial charge in [-0.15, -0.1) is 0 Å². The first-order valence-corrected chi connectivity index (χ1v) is 5.21. The second kappa shape index (κ2) is 4.29. The summed E-state index contributed by atoms with van der Waals surface area (Å²) in [5.41, 5.74) is 0. The third-order valence-corrected chi connectivity index (χ3v) is 2.77. The lowest BCUT2D eigenvalue weighted by molar-refractivity contribution is -0.125. The van der Waals surface area contributed by atoms with Crippen LogP contribution in [0, 0.1) is 5.92 Å². The number of rotatable bonds is 2. The molecule has 15 heavy (non-hydrogen) atoms. The topological polar surface area (TPSA) is 62.0 Å². The fourth-order valence-electron chi connectivity index (χ4n) is 1.84. The first-order chi connectivity index (χ1) is 7.25. The Balaban J connectivity index is 1.89. The molecule has 4 heteroatoms. The first kappa shape index (κ1) is 9.96. The number of amides is 1. The quantitative estimate of drug-likeness (QED) is 0.773. The molecule has 1 fully saturated rings. The molecule has 1 amide bonds. The van der Waals surface area contributed by atoms with Crippen LogP contribution in [-0.4, -0.2) is 16.7 Å². The molecule has 1 aromatic rings. The van der Waals surface area contributed by atoms with Crippen molar-refractivity contribution in [3.63, 3.8) is 0 Å². The average Bonchev–Trinajstić information content (AvgIpc) is 2.71. The van der Waals surface area contributed by atoms with Gasteiger partial charge in [-0.1, -0.05) is 0 Å². The molecule has 2 rings (SSSR count). The standard InChI is InChI=1S/C11H14N2O2/c14-9-5-3-8(4-6-9)11(15)13-10-2-1-7-12-10/h1-2,7-8,12H,3-6H2,(H,13,15). The third-order valence-electron chi connectivity index (χ3n) is 2.77. The number of aromatic amines is 1. The van der Waals surface area contributed by atoms with Crippen molar-refractivity contribution in [2.24, 2.45) is 5.92 Å². The number of ketones is 1. The van der Waals surface area contributed by atoms with Crippen LogP contribution in [0.3, 0.4) is 0 Å². The van der Waals surface area contributed by atoms with Crippen LogP contribution in [0.25, 0.3) is 0 Å². The SMILES string of the molecule is O=C1CCC(C(=O)Nc2ccc[nH]2)CC1. The molecular formula is C11H14N2O2. The van der Waals surface area contributed by atoms with E-state index in [4.69, 9.17) is 0 Å². The van der Waals surface area contributed by atoms with Crippen molar-refractivity contribution in [1.82, 2.24) is 4.98 Å². The molecule has 1 aliphatic carbocycles. The summed E-state index contributed by atoms with van der Waals surface area (Å²) in [5, 5.41) is 2.80. The van der Waals surface area contributed by atoms with E-state index in [2.05, 4.69) is 10.3 Å². The zero-order valence-corrected chi connectivity index (χ0v) is 8.45. The number of aromatic nitrogens is 1. The fraction of sp³-hybridized carbons (Fsp3) is 0.455. The van der Waals surface area contributed by atoms with E-state index < -0.39 is 0 Å². The molecule has 0 aliphatic heterocycles. The Labute approximate surface area is 88.1 Å². The van der Waals surface area contributed by atoms with Crippen molar-refractivity contribution >= 4 is 17.5 Å². The van der Waals surface area contributed by atoms with Gasteiger partial charge < -0.3 is 10.3 Å². The third kappa shape index (κ3) is 2.46. The molecule has 0 radical (unpaired) electrons. The van der Waals surface area contributed by atoms with Crippen molar-refractivity contribution in [2.45, 2.75) is 25.7 Å². The molecule has 0 aromatic carbocycles. The molecule has 0 spiro atoms. The summed E-state index contributed by atoms with van der Waals surface area (Å²) in [5.74, 6) is 1.01. The Bertz CT molecular complexity index is 347. The summed E-state index contributed by atoms with van der Waals surface area (Å²) >= 11 is 0. The molecule has 1 aliphatic rings. The number of Topliss-reactive ketones (excluding diaryl/α,β-unsaturated/α-hetero) is 1. The fourth-order valence-corrected chi connectivity index (χ4v) is 1.84. The van der Waals surface area contributed by atoms with Crippen LogP contribution in [-0.2, 0) is 9.59 Å². The van der Waals surface area contributed by atoms with Gasteiger partial charge in [-0.2, -0.15) is 0 Å². The molecule has 1 aromatic heterocycles. The largest absolute Gasteiger partial charge is 0.348 e. The van der Waals surface area contributed by atoms with Gasteiger partial charge in [0.25, 0.3) is 0 Å². The number of carbonyl (C=O) groups excluding carboxylic acids is 2. The van der Waals surface area contributed by atoms with Crippen LogP contribution >= 0.6 is 0 Å². The lowest BCUT2D eigenvalue weighted by Gasteiger charge is -2.19. The van der Waals surface area contributed by atoms with Crippen molar-refractivity contribution in [3.05, 3.63) is 18.3 Å². The van der Waals surface area contributed by atoms with E-state index >= 15 is 0 Å². The van der Waals surface area contributed by atoms with E-state index in [1.54, 1.807) is 6.20 Å². The van der Waals surface area contributed by atoms with Gasteiger partial charge in [-0.05, 0) is 25.0 Å². The summed E-state index contributed by atoms with van der Waals surface area (Å²) in [6.45, 7) is 0. The predicted octanol–water partition coefficient (Wildman–Crippen LogP) is 1.71. The van der Waals surface area contributed by atoms with Crippen LogP contribution in [0.5, 0.6) is 0 Å². The Morgan fingerprint density at radius 1 is 1.40 bits per heavy atom. The molecule has 1 heterocycles. The normalized spacial score (nSPS) is 17.7. The van der Waals surface area contributed by atoms with Crippen LogP contribution < -0.4 is 5.32 Å². The lowest BCUT2D eigenvalue weighted by Crippen LogP contribution is -2.27. The van der Waals surface area contributed by atoms with Crippen LogP contribution in [0.15, 0.2) is 18.3 Å². The Kier molecular flexibility index (Phi) is 2.85. The van der Waals surface area contributed by atoms with Crippen molar-refractivity contribution in [3.8, 4) is 0 Å². The van der Waals surface area contributed by atoms with Gasteiger partial charge in [0, 0.05) is 25.0 Å². The van der Waals surface area contributed by atoms with E-state index in [9.17, 15) is 9.59 Å². The van der Waals surface area contributed by atoms with E-state index in [1.165, 1.54) is 0 Å².